The molecule has 0 spiro atoms. The van der Waals surface area contributed by atoms with Crippen LogP contribution in [0.25, 0.3) is 0 Å². The van der Waals surface area contributed by atoms with Gasteiger partial charge in [-0.2, -0.15) is 0 Å². The number of aromatic amines is 1. The van der Waals surface area contributed by atoms with E-state index in [-0.39, 0.29) is 12.2 Å². The first-order chi connectivity index (χ1) is 9.97. The SMILES string of the molecule is CN(Cc1ncc[nH]1)C(=O)Nc1ccc(C(=O)O)c(F)c1. The fraction of sp³-hybridized carbons (Fsp3) is 0.154. The van der Waals surface area contributed by atoms with Crippen molar-refractivity contribution in [2.45, 2.75) is 6.54 Å². The van der Waals surface area contributed by atoms with Crippen LogP contribution < -0.4 is 5.32 Å². The molecule has 2 amide bonds. The Labute approximate surface area is 119 Å². The maximum Gasteiger partial charge on any atom is 0.338 e. The zero-order valence-corrected chi connectivity index (χ0v) is 11.1. The lowest BCUT2D eigenvalue weighted by molar-refractivity contribution is 0.0692. The highest BCUT2D eigenvalue weighted by Crippen LogP contribution is 2.15. The number of hydrogen-bond donors (Lipinski definition) is 3. The number of nitrogens with zero attached hydrogens (tertiary/aromatic N) is 2. The van der Waals surface area contributed by atoms with Gasteiger partial charge in [0.05, 0.1) is 12.1 Å². The molecule has 0 bridgehead atoms. The van der Waals surface area contributed by atoms with Crippen LogP contribution in [0.5, 0.6) is 0 Å². The van der Waals surface area contributed by atoms with Crippen LogP contribution in [0, 0.1) is 5.82 Å². The van der Waals surface area contributed by atoms with Gasteiger partial charge in [-0.05, 0) is 18.2 Å². The summed E-state index contributed by atoms with van der Waals surface area (Å²) in [6.45, 7) is 0.258. The third kappa shape index (κ3) is 3.56. The fourth-order valence-electron chi connectivity index (χ4n) is 1.67. The summed E-state index contributed by atoms with van der Waals surface area (Å²) < 4.78 is 13.5. The second kappa shape index (κ2) is 6.04. The van der Waals surface area contributed by atoms with Crippen LogP contribution in [0.4, 0.5) is 14.9 Å². The molecule has 0 aliphatic heterocycles. The summed E-state index contributed by atoms with van der Waals surface area (Å²) in [6, 6.07) is 2.92. The van der Waals surface area contributed by atoms with Gasteiger partial charge in [0, 0.05) is 25.1 Å². The highest BCUT2D eigenvalue weighted by Gasteiger charge is 2.14. The van der Waals surface area contributed by atoms with E-state index in [4.69, 9.17) is 5.11 Å². The molecule has 7 nitrogen and oxygen atoms in total. The number of imidazole rings is 1. The number of benzene rings is 1. The molecule has 110 valence electrons. The molecule has 1 heterocycles. The number of aromatic nitrogens is 2. The minimum absolute atomic E-state index is 0.175. The van der Waals surface area contributed by atoms with Gasteiger partial charge in [-0.25, -0.2) is 19.0 Å². The predicted octanol–water partition coefficient (Wildman–Crippen LogP) is 1.91. The van der Waals surface area contributed by atoms with E-state index in [9.17, 15) is 14.0 Å². The standard InChI is InChI=1S/C13H13FN4O3/c1-18(7-11-15-4-5-16-11)13(21)17-8-2-3-9(12(19)20)10(14)6-8/h2-6H,7H2,1H3,(H,15,16)(H,17,21)(H,19,20). The summed E-state index contributed by atoms with van der Waals surface area (Å²) in [6.07, 6.45) is 3.21. The van der Waals surface area contributed by atoms with E-state index in [1.165, 1.54) is 11.0 Å². The predicted molar refractivity (Wildman–Crippen MR) is 72.4 cm³/mol. The van der Waals surface area contributed by atoms with Gasteiger partial charge in [-0.1, -0.05) is 0 Å². The average molecular weight is 292 g/mol. The first-order valence-corrected chi connectivity index (χ1v) is 6.00. The number of hydrogen-bond acceptors (Lipinski definition) is 3. The van der Waals surface area contributed by atoms with Crippen molar-refractivity contribution in [1.29, 1.82) is 0 Å². The Balaban J connectivity index is 2.02. The molecule has 0 radical (unpaired) electrons. The van der Waals surface area contributed by atoms with Crippen LogP contribution in [0.2, 0.25) is 0 Å². The number of aromatic carboxylic acids is 1. The number of rotatable bonds is 4. The Morgan fingerprint density at radius 1 is 1.48 bits per heavy atom. The van der Waals surface area contributed by atoms with Crippen molar-refractivity contribution in [3.8, 4) is 0 Å². The Morgan fingerprint density at radius 3 is 2.81 bits per heavy atom. The molecule has 0 saturated carbocycles. The number of amides is 2. The lowest BCUT2D eigenvalue weighted by atomic mass is 10.2. The second-order valence-corrected chi connectivity index (χ2v) is 4.32. The van der Waals surface area contributed by atoms with Crippen molar-refractivity contribution in [1.82, 2.24) is 14.9 Å². The maximum atomic E-state index is 13.5. The quantitative estimate of drug-likeness (QED) is 0.801. The van der Waals surface area contributed by atoms with Crippen molar-refractivity contribution < 1.29 is 19.1 Å². The molecule has 0 aliphatic carbocycles. The molecule has 0 unspecified atom stereocenters. The number of nitrogens with one attached hydrogen (secondary N) is 2. The third-order valence-corrected chi connectivity index (χ3v) is 2.74. The van der Waals surface area contributed by atoms with Crippen LogP contribution in [0.15, 0.2) is 30.6 Å². The number of urea groups is 1. The third-order valence-electron chi connectivity index (χ3n) is 2.74. The van der Waals surface area contributed by atoms with Gasteiger partial charge in [0.25, 0.3) is 0 Å². The topological polar surface area (TPSA) is 98.3 Å². The number of H-pyrrole nitrogens is 1. The van der Waals surface area contributed by atoms with Gasteiger partial charge in [-0.3, -0.25) is 0 Å². The molecule has 1 aromatic carbocycles. The van der Waals surface area contributed by atoms with E-state index >= 15 is 0 Å². The Hall–Kier alpha value is -2.90. The van der Waals surface area contributed by atoms with Gasteiger partial charge >= 0.3 is 12.0 Å². The monoisotopic (exact) mass is 292 g/mol. The minimum atomic E-state index is -1.36. The zero-order chi connectivity index (χ0) is 15.4. The van der Waals surface area contributed by atoms with E-state index in [0.29, 0.717) is 5.82 Å². The number of carboxylic acids is 1. The summed E-state index contributed by atoms with van der Waals surface area (Å²) in [7, 11) is 1.56. The van der Waals surface area contributed by atoms with Crippen LogP contribution in [0.3, 0.4) is 0 Å². The second-order valence-electron chi connectivity index (χ2n) is 4.32. The summed E-state index contributed by atoms with van der Waals surface area (Å²) in [5, 5.41) is 11.2. The van der Waals surface area contributed by atoms with Gasteiger partial charge in [0.1, 0.15) is 11.6 Å². The molecule has 0 fully saturated rings. The first-order valence-electron chi connectivity index (χ1n) is 6.00. The molecule has 0 aliphatic rings. The zero-order valence-electron chi connectivity index (χ0n) is 11.1. The maximum absolute atomic E-state index is 13.5. The van der Waals surface area contributed by atoms with Crippen LogP contribution >= 0.6 is 0 Å². The van der Waals surface area contributed by atoms with E-state index in [0.717, 1.165) is 12.1 Å². The molecule has 3 N–H and O–H groups in total. The molecule has 1 aromatic heterocycles. The normalized spacial score (nSPS) is 10.2. The van der Waals surface area contributed by atoms with Gasteiger partial charge in [0.15, 0.2) is 0 Å². The van der Waals surface area contributed by atoms with Crippen LogP contribution in [-0.4, -0.2) is 39.0 Å². The fourth-order valence-corrected chi connectivity index (χ4v) is 1.67. The average Bonchev–Trinajstić information content (AvgIpc) is 2.91. The number of halogens is 1. The summed E-state index contributed by atoms with van der Waals surface area (Å²) in [5.74, 6) is -1.66. The molecular formula is C13H13FN4O3. The van der Waals surface area contributed by atoms with Crippen molar-refractivity contribution in [2.75, 3.05) is 12.4 Å². The number of carboxylic acid groups (broad SMARTS) is 1. The smallest absolute Gasteiger partial charge is 0.338 e. The lowest BCUT2D eigenvalue weighted by Crippen LogP contribution is -2.31. The Kier molecular flexibility index (Phi) is 4.17. The number of anilines is 1. The largest absolute Gasteiger partial charge is 0.478 e. The summed E-state index contributed by atoms with van der Waals surface area (Å²) in [4.78, 5) is 30.8. The summed E-state index contributed by atoms with van der Waals surface area (Å²) >= 11 is 0. The van der Waals surface area contributed by atoms with Crippen molar-refractivity contribution in [2.24, 2.45) is 0 Å². The highest BCUT2D eigenvalue weighted by atomic mass is 19.1. The van der Waals surface area contributed by atoms with E-state index in [2.05, 4.69) is 15.3 Å². The summed E-state index contributed by atoms with van der Waals surface area (Å²) in [5.41, 5.74) is -0.272. The molecule has 2 aromatic rings. The Bertz CT molecular complexity index is 657. The van der Waals surface area contributed by atoms with Crippen molar-refractivity contribution in [3.05, 3.63) is 47.8 Å². The van der Waals surface area contributed by atoms with Gasteiger partial charge in [0.2, 0.25) is 0 Å². The van der Waals surface area contributed by atoms with Gasteiger partial charge in [-0.15, -0.1) is 0 Å². The lowest BCUT2D eigenvalue weighted by Gasteiger charge is -2.16. The van der Waals surface area contributed by atoms with E-state index < -0.39 is 23.4 Å². The molecule has 8 heteroatoms. The molecule has 21 heavy (non-hydrogen) atoms. The molecule has 2 rings (SSSR count). The van der Waals surface area contributed by atoms with E-state index in [1.54, 1.807) is 19.4 Å². The highest BCUT2D eigenvalue weighted by molar-refractivity contribution is 5.91. The van der Waals surface area contributed by atoms with Crippen LogP contribution in [-0.2, 0) is 6.54 Å². The Morgan fingerprint density at radius 2 is 2.24 bits per heavy atom. The molecule has 0 saturated heterocycles. The molecular weight excluding hydrogens is 279 g/mol. The number of carbonyl (C=O) groups is 2. The first kappa shape index (κ1) is 14.5. The van der Waals surface area contributed by atoms with Crippen molar-refractivity contribution in [3.63, 3.8) is 0 Å². The van der Waals surface area contributed by atoms with Crippen molar-refractivity contribution >= 4 is 17.7 Å². The molecule has 0 atom stereocenters. The number of carbonyl (C=O) groups excluding carboxylic acids is 1. The van der Waals surface area contributed by atoms with Crippen LogP contribution in [0.1, 0.15) is 16.2 Å². The van der Waals surface area contributed by atoms with E-state index in [1.807, 2.05) is 0 Å². The minimum Gasteiger partial charge on any atom is -0.478 e. The van der Waals surface area contributed by atoms with Gasteiger partial charge < -0.3 is 20.3 Å².